The Balaban J connectivity index is 2.62. The molecule has 1 heterocycles. The van der Waals surface area contributed by atoms with Crippen LogP contribution < -0.4 is 11.1 Å². The van der Waals surface area contributed by atoms with Crippen LogP contribution in [0.1, 0.15) is 41.0 Å². The highest BCUT2D eigenvalue weighted by molar-refractivity contribution is 6.22. The van der Waals surface area contributed by atoms with E-state index in [1.807, 2.05) is 33.8 Å². The lowest BCUT2D eigenvalue weighted by Gasteiger charge is -2.34. The molecule has 2 rings (SSSR count). The number of amides is 2. The molecule has 2 aliphatic rings. The summed E-state index contributed by atoms with van der Waals surface area (Å²) < 4.78 is 22.9. The van der Waals surface area contributed by atoms with Crippen LogP contribution in [0, 0.1) is 17.8 Å². The lowest BCUT2D eigenvalue weighted by molar-refractivity contribution is -0.120. The molecular weight excluding hydrogens is 516 g/mol. The molecule has 10 heteroatoms. The van der Waals surface area contributed by atoms with Gasteiger partial charge < -0.3 is 30.0 Å². The summed E-state index contributed by atoms with van der Waals surface area (Å²) in [5.74, 6) is -2.19. The van der Waals surface area contributed by atoms with Gasteiger partial charge in [-0.3, -0.25) is 14.4 Å². The number of hydrogen-bond acceptors (Lipinski definition) is 8. The van der Waals surface area contributed by atoms with Crippen LogP contribution in [0.15, 0.2) is 58.9 Å². The van der Waals surface area contributed by atoms with Gasteiger partial charge >= 0.3 is 6.09 Å². The second-order valence-electron chi connectivity index (χ2n) is 10.4. The highest BCUT2D eigenvalue weighted by Gasteiger charge is 2.36. The Hall–Kier alpha value is -3.34. The molecule has 2 bridgehead atoms. The van der Waals surface area contributed by atoms with Gasteiger partial charge in [0.2, 0.25) is 5.78 Å². The van der Waals surface area contributed by atoms with E-state index in [1.165, 1.54) is 13.2 Å². The Labute approximate surface area is 236 Å². The molecule has 2 amide bonds. The summed E-state index contributed by atoms with van der Waals surface area (Å²) in [6, 6.07) is 0. The van der Waals surface area contributed by atoms with Crippen molar-refractivity contribution in [2.24, 2.45) is 23.5 Å². The van der Waals surface area contributed by atoms with Crippen molar-refractivity contribution in [2.45, 2.75) is 65.5 Å². The second kappa shape index (κ2) is 14.9. The number of ketones is 2. The molecule has 220 valence electrons. The van der Waals surface area contributed by atoms with Crippen molar-refractivity contribution in [3.63, 3.8) is 0 Å². The number of carbonyl (C=O) groups is 4. The van der Waals surface area contributed by atoms with Gasteiger partial charge in [0.1, 0.15) is 6.10 Å². The number of fused-ring (bicyclic) bond motifs is 2. The van der Waals surface area contributed by atoms with Gasteiger partial charge in [0, 0.05) is 50.4 Å². The normalized spacial score (nSPS) is 34.4. The fourth-order valence-electron chi connectivity index (χ4n) is 5.27. The number of allylic oxidation sites excluding steroid dienone is 5. The average molecular weight is 559 g/mol. The van der Waals surface area contributed by atoms with Crippen LogP contribution in [0.2, 0.25) is 0 Å². The number of Topliss-reactive ketones (excluding diaryl/α,β-unsaturated/α-hetero) is 1. The zero-order valence-electron chi connectivity index (χ0n) is 24.6. The Morgan fingerprint density at radius 1 is 0.950 bits per heavy atom. The Kier molecular flexibility index (Phi) is 12.2. The maximum Gasteiger partial charge on any atom is 0.405 e. The van der Waals surface area contributed by atoms with Crippen molar-refractivity contribution in [1.82, 2.24) is 5.32 Å². The largest absolute Gasteiger partial charge is 0.441 e. The Morgan fingerprint density at radius 3 is 2.20 bits per heavy atom. The zero-order valence-corrected chi connectivity index (χ0v) is 24.6. The third-order valence-electron chi connectivity index (χ3n) is 7.29. The second-order valence-corrected chi connectivity index (χ2v) is 10.4. The molecule has 10 nitrogen and oxygen atoms in total. The van der Waals surface area contributed by atoms with E-state index in [2.05, 4.69) is 5.32 Å². The van der Waals surface area contributed by atoms with Crippen molar-refractivity contribution < 1.29 is 38.1 Å². The first-order valence-corrected chi connectivity index (χ1v) is 13.3. The van der Waals surface area contributed by atoms with Gasteiger partial charge in [-0.15, -0.1) is 0 Å². The summed E-state index contributed by atoms with van der Waals surface area (Å²) in [6.07, 6.45) is 6.65. The molecule has 0 aromatic heterocycles. The van der Waals surface area contributed by atoms with Crippen molar-refractivity contribution in [3.05, 3.63) is 58.9 Å². The molecule has 3 N–H and O–H groups in total. The molecule has 0 aromatic rings. The number of nitrogens with one attached hydrogen (secondary N) is 1. The molecule has 0 fully saturated rings. The quantitative estimate of drug-likeness (QED) is 0.395. The molecule has 7 atom stereocenters. The summed E-state index contributed by atoms with van der Waals surface area (Å²) in [5.41, 5.74) is 6.49. The molecule has 0 saturated carbocycles. The van der Waals surface area contributed by atoms with Gasteiger partial charge in [-0.1, -0.05) is 45.1 Å². The Bertz CT molecular complexity index is 1130. The van der Waals surface area contributed by atoms with E-state index < -0.39 is 48.0 Å². The minimum absolute atomic E-state index is 0.119. The van der Waals surface area contributed by atoms with E-state index in [9.17, 15) is 19.2 Å². The predicted molar refractivity (Wildman–Crippen MR) is 150 cm³/mol. The molecule has 1 aliphatic carbocycles. The number of ether oxygens (including phenoxy) is 4. The maximum atomic E-state index is 13.4. The highest BCUT2D eigenvalue weighted by atomic mass is 16.6. The molecule has 0 aromatic carbocycles. The lowest BCUT2D eigenvalue weighted by atomic mass is 9.83. The molecule has 0 unspecified atom stereocenters. The van der Waals surface area contributed by atoms with E-state index in [0.717, 1.165) is 11.6 Å². The summed E-state index contributed by atoms with van der Waals surface area (Å²) in [4.78, 5) is 50.5. The maximum absolute atomic E-state index is 13.4. The van der Waals surface area contributed by atoms with Crippen molar-refractivity contribution >= 4 is 23.6 Å². The third kappa shape index (κ3) is 8.33. The smallest absolute Gasteiger partial charge is 0.405 e. The third-order valence-corrected chi connectivity index (χ3v) is 7.29. The van der Waals surface area contributed by atoms with E-state index in [4.69, 9.17) is 24.7 Å². The van der Waals surface area contributed by atoms with Crippen LogP contribution in [0.25, 0.3) is 0 Å². The summed E-state index contributed by atoms with van der Waals surface area (Å²) in [5, 5.41) is 2.56. The first-order valence-electron chi connectivity index (χ1n) is 13.3. The van der Waals surface area contributed by atoms with Gasteiger partial charge in [0.25, 0.3) is 5.91 Å². The number of nitrogens with two attached hydrogens (primary N) is 1. The van der Waals surface area contributed by atoms with E-state index in [0.29, 0.717) is 12.0 Å². The molecule has 0 saturated heterocycles. The average Bonchev–Trinajstić information content (AvgIpc) is 2.88. The molecular formula is C30H42N2O8. The number of primary amides is 1. The van der Waals surface area contributed by atoms with Crippen LogP contribution in [-0.2, 0) is 33.3 Å². The van der Waals surface area contributed by atoms with E-state index in [1.54, 1.807) is 39.4 Å². The number of rotatable bonds is 4. The summed E-state index contributed by atoms with van der Waals surface area (Å²) >= 11 is 0. The van der Waals surface area contributed by atoms with Crippen LogP contribution in [0.3, 0.4) is 0 Å². The minimum atomic E-state index is -0.902. The molecule has 0 spiro atoms. The van der Waals surface area contributed by atoms with Crippen LogP contribution in [0.4, 0.5) is 4.79 Å². The predicted octanol–water partition coefficient (Wildman–Crippen LogP) is 3.33. The minimum Gasteiger partial charge on any atom is -0.441 e. The van der Waals surface area contributed by atoms with E-state index >= 15 is 0 Å². The van der Waals surface area contributed by atoms with E-state index in [-0.39, 0.29) is 29.0 Å². The van der Waals surface area contributed by atoms with Gasteiger partial charge in [0.15, 0.2) is 5.78 Å². The monoisotopic (exact) mass is 558 g/mol. The van der Waals surface area contributed by atoms with Gasteiger partial charge in [-0.25, -0.2) is 4.79 Å². The fourth-order valence-corrected chi connectivity index (χ4v) is 5.27. The van der Waals surface area contributed by atoms with Crippen molar-refractivity contribution in [1.29, 1.82) is 0 Å². The molecule has 40 heavy (non-hydrogen) atoms. The molecule has 0 radical (unpaired) electrons. The Morgan fingerprint density at radius 2 is 1.62 bits per heavy atom. The zero-order chi connectivity index (χ0) is 30.1. The number of carbonyl (C=O) groups excluding carboxylic acids is 4. The summed E-state index contributed by atoms with van der Waals surface area (Å²) in [6.45, 7) is 9.17. The van der Waals surface area contributed by atoms with Gasteiger partial charge in [-0.2, -0.15) is 0 Å². The van der Waals surface area contributed by atoms with Crippen LogP contribution in [-0.4, -0.2) is 69.3 Å². The van der Waals surface area contributed by atoms with Crippen LogP contribution >= 0.6 is 0 Å². The highest BCUT2D eigenvalue weighted by Crippen LogP contribution is 2.30. The van der Waals surface area contributed by atoms with Gasteiger partial charge in [-0.05, 0) is 37.8 Å². The first-order chi connectivity index (χ1) is 18.8. The van der Waals surface area contributed by atoms with Crippen molar-refractivity contribution in [3.8, 4) is 0 Å². The standard InChI is InChI=1S/C30H42N2O8/c1-16-10-9-11-17(2)29(35)32-23-15-21(33)14-22(25(23)34)27(38-7)20(5)13-24(37-6)28(39-8)19(4)12-18(3)26(16)40-30(31)36/h9-12,14-16,19-20,24,26-28H,13H2,1-8H3,(H2,31,36)(H,32,35)/b10-9-,17-11-,18-12-/t16-,19-,20-,24-,26-,27+,28+/m1/s1. The van der Waals surface area contributed by atoms with Crippen LogP contribution in [0.5, 0.6) is 0 Å². The summed E-state index contributed by atoms with van der Waals surface area (Å²) in [7, 11) is 4.64. The van der Waals surface area contributed by atoms with Gasteiger partial charge in [0.05, 0.1) is 24.0 Å². The number of methoxy groups -OCH3 is 3. The fraction of sp³-hybridized carbons (Fsp3) is 0.533. The first kappa shape index (κ1) is 32.9. The number of hydrogen-bond donors (Lipinski definition) is 2. The van der Waals surface area contributed by atoms with Crippen molar-refractivity contribution in [2.75, 3.05) is 21.3 Å². The SMILES string of the molecule is CO[C@H]1[C@H](C)/C=C(/C)[C@H](OC(N)=O)[C@H](C)/C=C\C=C(\C)C(=O)NC2=CC(=O)C=C(C2=O)[C@@H](OC)[C@H](C)C[C@H]1OC. The molecule has 1 aliphatic heterocycles. The lowest BCUT2D eigenvalue weighted by Crippen LogP contribution is -2.40. The topological polar surface area (TPSA) is 143 Å².